The standard InChI is InChI=1S/C12H24N2O/c1-2-11(3-7-13-6-1)10-14-12-4-8-15-9-5-12/h11-14H,1-10H2. The zero-order chi connectivity index (χ0) is 10.3. The Morgan fingerprint density at radius 2 is 1.93 bits per heavy atom. The highest BCUT2D eigenvalue weighted by Gasteiger charge is 2.16. The van der Waals surface area contributed by atoms with Crippen LogP contribution in [0.2, 0.25) is 0 Å². The first-order valence-electron chi connectivity index (χ1n) is 6.47. The third-order valence-corrected chi connectivity index (χ3v) is 3.61. The van der Waals surface area contributed by atoms with Crippen molar-refractivity contribution >= 4 is 0 Å². The van der Waals surface area contributed by atoms with Crippen LogP contribution in [0.15, 0.2) is 0 Å². The quantitative estimate of drug-likeness (QED) is 0.736. The summed E-state index contributed by atoms with van der Waals surface area (Å²) in [5.41, 5.74) is 0. The Morgan fingerprint density at radius 3 is 2.80 bits per heavy atom. The Bertz CT molecular complexity index is 161. The Hall–Kier alpha value is -0.120. The highest BCUT2D eigenvalue weighted by Crippen LogP contribution is 2.14. The van der Waals surface area contributed by atoms with Gasteiger partial charge in [0.2, 0.25) is 0 Å². The van der Waals surface area contributed by atoms with Crippen molar-refractivity contribution in [3.63, 3.8) is 0 Å². The third-order valence-electron chi connectivity index (χ3n) is 3.61. The molecule has 3 heteroatoms. The average molecular weight is 212 g/mol. The van der Waals surface area contributed by atoms with E-state index in [4.69, 9.17) is 4.74 Å². The Kier molecular flexibility index (Phi) is 4.90. The molecule has 3 nitrogen and oxygen atoms in total. The molecular weight excluding hydrogens is 188 g/mol. The molecule has 2 saturated heterocycles. The van der Waals surface area contributed by atoms with Crippen molar-refractivity contribution in [1.29, 1.82) is 0 Å². The minimum atomic E-state index is 0.718. The van der Waals surface area contributed by atoms with Gasteiger partial charge >= 0.3 is 0 Å². The molecule has 1 atom stereocenters. The second-order valence-electron chi connectivity index (χ2n) is 4.84. The third kappa shape index (κ3) is 4.09. The lowest BCUT2D eigenvalue weighted by Gasteiger charge is -2.25. The Labute approximate surface area is 93.0 Å². The van der Waals surface area contributed by atoms with Crippen LogP contribution in [-0.2, 0) is 4.74 Å². The molecule has 0 radical (unpaired) electrons. The van der Waals surface area contributed by atoms with Gasteiger partial charge in [-0.2, -0.15) is 0 Å². The Morgan fingerprint density at radius 1 is 1.07 bits per heavy atom. The molecule has 0 aliphatic carbocycles. The summed E-state index contributed by atoms with van der Waals surface area (Å²) in [7, 11) is 0. The first-order valence-corrected chi connectivity index (χ1v) is 6.47. The summed E-state index contributed by atoms with van der Waals surface area (Å²) in [6, 6.07) is 0.718. The van der Waals surface area contributed by atoms with Crippen molar-refractivity contribution in [2.24, 2.45) is 5.92 Å². The fraction of sp³-hybridized carbons (Fsp3) is 1.00. The van der Waals surface area contributed by atoms with E-state index >= 15 is 0 Å². The van der Waals surface area contributed by atoms with Crippen LogP contribution in [0, 0.1) is 5.92 Å². The molecule has 2 aliphatic rings. The molecule has 0 amide bonds. The second-order valence-corrected chi connectivity index (χ2v) is 4.84. The molecule has 0 bridgehead atoms. The fourth-order valence-electron chi connectivity index (χ4n) is 2.53. The molecule has 88 valence electrons. The van der Waals surface area contributed by atoms with Crippen molar-refractivity contribution in [3.05, 3.63) is 0 Å². The van der Waals surface area contributed by atoms with Crippen LogP contribution in [0.3, 0.4) is 0 Å². The molecule has 2 fully saturated rings. The summed E-state index contributed by atoms with van der Waals surface area (Å²) in [5, 5.41) is 7.18. The predicted octanol–water partition coefficient (Wildman–Crippen LogP) is 1.14. The smallest absolute Gasteiger partial charge is 0.0480 e. The van der Waals surface area contributed by atoms with Crippen LogP contribution in [-0.4, -0.2) is 38.9 Å². The maximum atomic E-state index is 5.36. The van der Waals surface area contributed by atoms with Crippen LogP contribution in [0.25, 0.3) is 0 Å². The van der Waals surface area contributed by atoms with E-state index in [0.29, 0.717) is 0 Å². The van der Waals surface area contributed by atoms with E-state index in [1.54, 1.807) is 0 Å². The van der Waals surface area contributed by atoms with Gasteiger partial charge in [-0.1, -0.05) is 0 Å². The predicted molar refractivity (Wildman–Crippen MR) is 62.1 cm³/mol. The van der Waals surface area contributed by atoms with Gasteiger partial charge in [0.1, 0.15) is 0 Å². The molecule has 0 aromatic heterocycles. The van der Waals surface area contributed by atoms with Gasteiger partial charge in [-0.25, -0.2) is 0 Å². The van der Waals surface area contributed by atoms with Crippen molar-refractivity contribution < 1.29 is 4.74 Å². The summed E-state index contributed by atoms with van der Waals surface area (Å²) < 4.78 is 5.36. The van der Waals surface area contributed by atoms with E-state index in [9.17, 15) is 0 Å². The lowest BCUT2D eigenvalue weighted by atomic mass is 9.99. The monoisotopic (exact) mass is 212 g/mol. The summed E-state index contributed by atoms with van der Waals surface area (Å²) in [5.74, 6) is 0.892. The second kappa shape index (κ2) is 6.46. The normalized spacial score (nSPS) is 30.0. The summed E-state index contributed by atoms with van der Waals surface area (Å²) in [6.45, 7) is 5.54. The van der Waals surface area contributed by atoms with Gasteiger partial charge in [0, 0.05) is 19.3 Å². The van der Waals surface area contributed by atoms with E-state index in [2.05, 4.69) is 10.6 Å². The van der Waals surface area contributed by atoms with Gasteiger partial charge in [0.25, 0.3) is 0 Å². The molecule has 2 N–H and O–H groups in total. The first kappa shape index (κ1) is 11.4. The number of nitrogens with one attached hydrogen (secondary N) is 2. The molecule has 0 aromatic rings. The summed E-state index contributed by atoms with van der Waals surface area (Å²) in [4.78, 5) is 0. The molecule has 2 heterocycles. The summed E-state index contributed by atoms with van der Waals surface area (Å²) in [6.07, 6.45) is 6.48. The van der Waals surface area contributed by atoms with E-state index in [0.717, 1.165) is 25.2 Å². The SMILES string of the molecule is C1CNCCC(CNC2CCOCC2)C1. The lowest BCUT2D eigenvalue weighted by Crippen LogP contribution is -2.37. The minimum Gasteiger partial charge on any atom is -0.381 e. The molecule has 15 heavy (non-hydrogen) atoms. The van der Waals surface area contributed by atoms with Gasteiger partial charge in [-0.05, 0) is 57.7 Å². The number of hydrogen-bond donors (Lipinski definition) is 2. The van der Waals surface area contributed by atoms with Crippen molar-refractivity contribution in [2.75, 3.05) is 32.8 Å². The molecule has 2 rings (SSSR count). The maximum absolute atomic E-state index is 5.36. The van der Waals surface area contributed by atoms with Crippen molar-refractivity contribution in [2.45, 2.75) is 38.1 Å². The molecule has 0 aromatic carbocycles. The molecular formula is C12H24N2O. The zero-order valence-electron chi connectivity index (χ0n) is 9.63. The van der Waals surface area contributed by atoms with Gasteiger partial charge < -0.3 is 15.4 Å². The van der Waals surface area contributed by atoms with Gasteiger partial charge in [0.15, 0.2) is 0 Å². The average Bonchev–Trinajstić information content (AvgIpc) is 2.56. The topological polar surface area (TPSA) is 33.3 Å². The number of rotatable bonds is 3. The van der Waals surface area contributed by atoms with E-state index < -0.39 is 0 Å². The molecule has 0 saturated carbocycles. The highest BCUT2D eigenvalue weighted by atomic mass is 16.5. The van der Waals surface area contributed by atoms with Crippen LogP contribution < -0.4 is 10.6 Å². The van der Waals surface area contributed by atoms with Crippen LogP contribution in [0.4, 0.5) is 0 Å². The maximum Gasteiger partial charge on any atom is 0.0480 e. The largest absolute Gasteiger partial charge is 0.381 e. The van der Waals surface area contributed by atoms with Gasteiger partial charge in [-0.15, -0.1) is 0 Å². The van der Waals surface area contributed by atoms with Crippen LogP contribution in [0.1, 0.15) is 32.1 Å². The van der Waals surface area contributed by atoms with Crippen LogP contribution in [0.5, 0.6) is 0 Å². The minimum absolute atomic E-state index is 0.718. The van der Waals surface area contributed by atoms with Crippen LogP contribution >= 0.6 is 0 Å². The van der Waals surface area contributed by atoms with Gasteiger partial charge in [0.05, 0.1) is 0 Å². The molecule has 1 unspecified atom stereocenters. The molecule has 0 spiro atoms. The molecule has 2 aliphatic heterocycles. The van der Waals surface area contributed by atoms with E-state index in [1.165, 1.54) is 51.7 Å². The zero-order valence-corrected chi connectivity index (χ0v) is 9.63. The van der Waals surface area contributed by atoms with Gasteiger partial charge in [-0.3, -0.25) is 0 Å². The lowest BCUT2D eigenvalue weighted by molar-refractivity contribution is 0.0767. The fourth-order valence-corrected chi connectivity index (χ4v) is 2.53. The Balaban J connectivity index is 1.62. The number of ether oxygens (including phenoxy) is 1. The van der Waals surface area contributed by atoms with E-state index in [1.807, 2.05) is 0 Å². The van der Waals surface area contributed by atoms with Crippen molar-refractivity contribution in [3.8, 4) is 0 Å². The van der Waals surface area contributed by atoms with E-state index in [-0.39, 0.29) is 0 Å². The summed E-state index contributed by atoms with van der Waals surface area (Å²) >= 11 is 0. The first-order chi connectivity index (χ1) is 7.45. The highest BCUT2D eigenvalue weighted by molar-refractivity contribution is 4.74. The van der Waals surface area contributed by atoms with Crippen molar-refractivity contribution in [1.82, 2.24) is 10.6 Å². The number of hydrogen-bond acceptors (Lipinski definition) is 3.